The fourth-order valence-electron chi connectivity index (χ4n) is 8.99. The van der Waals surface area contributed by atoms with Gasteiger partial charge in [-0.2, -0.15) is 0 Å². The largest absolute Gasteiger partial charge is 0.396 e. The van der Waals surface area contributed by atoms with E-state index in [4.69, 9.17) is 4.74 Å². The summed E-state index contributed by atoms with van der Waals surface area (Å²) < 4.78 is 6.19. The number of ether oxygens (including phenoxy) is 1. The molecule has 0 spiro atoms. The van der Waals surface area contributed by atoms with Crippen molar-refractivity contribution >= 4 is 0 Å². The van der Waals surface area contributed by atoms with Crippen molar-refractivity contribution in [3.05, 3.63) is 11.6 Å². The van der Waals surface area contributed by atoms with Crippen molar-refractivity contribution in [1.29, 1.82) is 0 Å². The molecule has 0 aromatic rings. The van der Waals surface area contributed by atoms with E-state index in [2.05, 4.69) is 33.8 Å². The van der Waals surface area contributed by atoms with Crippen LogP contribution in [-0.4, -0.2) is 36.1 Å². The van der Waals surface area contributed by atoms with Crippen LogP contribution in [0.5, 0.6) is 0 Å². The highest BCUT2D eigenvalue weighted by Crippen LogP contribution is 2.67. The van der Waals surface area contributed by atoms with E-state index in [1.54, 1.807) is 5.57 Å². The van der Waals surface area contributed by atoms with Crippen LogP contribution in [0.15, 0.2) is 11.6 Å². The molecular weight excluding hydrogens is 384 g/mol. The third-order valence-electron chi connectivity index (χ3n) is 10.7. The number of hydrogen-bond donors (Lipinski definition) is 2. The van der Waals surface area contributed by atoms with Gasteiger partial charge in [0.05, 0.1) is 12.2 Å². The summed E-state index contributed by atoms with van der Waals surface area (Å²) in [7, 11) is 1.94. The molecule has 0 saturated heterocycles. The van der Waals surface area contributed by atoms with E-state index in [9.17, 15) is 10.2 Å². The summed E-state index contributed by atoms with van der Waals surface area (Å²) >= 11 is 0. The van der Waals surface area contributed by atoms with Crippen LogP contribution in [0, 0.1) is 46.3 Å². The van der Waals surface area contributed by atoms with E-state index in [-0.39, 0.29) is 6.10 Å². The standard InChI is InChI=1S/C28H48O3/c1-18(17-29)7-6-8-19(2)26-25(31-5)16-24-22-10-9-20-15-21(30)11-13-27(20,3)23(22)12-14-28(24,26)4/h9,18-19,21-26,29-30H,6-8,10-17H2,1-5H3. The van der Waals surface area contributed by atoms with Gasteiger partial charge in [0, 0.05) is 13.7 Å². The molecule has 178 valence electrons. The molecule has 3 fully saturated rings. The number of aliphatic hydroxyl groups excluding tert-OH is 2. The van der Waals surface area contributed by atoms with Crippen molar-refractivity contribution in [3.8, 4) is 0 Å². The van der Waals surface area contributed by atoms with Gasteiger partial charge in [-0.15, -0.1) is 0 Å². The Morgan fingerprint density at radius 1 is 1.13 bits per heavy atom. The lowest BCUT2D eigenvalue weighted by Gasteiger charge is -2.58. The minimum Gasteiger partial charge on any atom is -0.396 e. The van der Waals surface area contributed by atoms with Crippen LogP contribution < -0.4 is 0 Å². The van der Waals surface area contributed by atoms with Gasteiger partial charge in [-0.25, -0.2) is 0 Å². The molecule has 10 unspecified atom stereocenters. The quantitative estimate of drug-likeness (QED) is 0.486. The first-order valence-corrected chi connectivity index (χ1v) is 13.3. The highest BCUT2D eigenvalue weighted by molar-refractivity contribution is 5.25. The molecule has 3 nitrogen and oxygen atoms in total. The first-order chi connectivity index (χ1) is 14.7. The molecule has 3 saturated carbocycles. The van der Waals surface area contributed by atoms with Gasteiger partial charge in [-0.3, -0.25) is 0 Å². The van der Waals surface area contributed by atoms with Crippen molar-refractivity contribution < 1.29 is 14.9 Å². The number of methoxy groups -OCH3 is 1. The zero-order valence-electron chi connectivity index (χ0n) is 20.8. The smallest absolute Gasteiger partial charge is 0.0610 e. The fraction of sp³-hybridized carbons (Fsp3) is 0.929. The van der Waals surface area contributed by atoms with Gasteiger partial charge in [0.2, 0.25) is 0 Å². The first kappa shape index (κ1) is 23.8. The van der Waals surface area contributed by atoms with E-state index in [0.29, 0.717) is 41.3 Å². The van der Waals surface area contributed by atoms with E-state index < -0.39 is 0 Å². The zero-order valence-corrected chi connectivity index (χ0v) is 20.8. The lowest BCUT2D eigenvalue weighted by atomic mass is 9.47. The normalized spacial score (nSPS) is 46.5. The molecule has 4 aliphatic carbocycles. The molecule has 0 aromatic heterocycles. The molecule has 0 radical (unpaired) electrons. The van der Waals surface area contributed by atoms with Gasteiger partial charge >= 0.3 is 0 Å². The minimum absolute atomic E-state index is 0.118. The van der Waals surface area contributed by atoms with E-state index in [1.807, 2.05) is 7.11 Å². The zero-order chi connectivity index (χ0) is 22.4. The molecule has 0 aliphatic heterocycles. The molecule has 0 heterocycles. The summed E-state index contributed by atoms with van der Waals surface area (Å²) in [6, 6.07) is 0. The Morgan fingerprint density at radius 2 is 1.90 bits per heavy atom. The van der Waals surface area contributed by atoms with E-state index >= 15 is 0 Å². The SMILES string of the molecule is COC1CC2C3CC=C4CC(O)CCC4(C)C3CCC2(C)C1C(C)CCCC(C)CO. The topological polar surface area (TPSA) is 49.7 Å². The van der Waals surface area contributed by atoms with E-state index in [0.717, 1.165) is 37.0 Å². The van der Waals surface area contributed by atoms with Crippen molar-refractivity contribution in [3.63, 3.8) is 0 Å². The maximum absolute atomic E-state index is 10.3. The highest BCUT2D eigenvalue weighted by Gasteiger charge is 2.61. The number of fused-ring (bicyclic) bond motifs is 5. The molecule has 31 heavy (non-hydrogen) atoms. The van der Waals surface area contributed by atoms with Crippen LogP contribution in [0.3, 0.4) is 0 Å². The van der Waals surface area contributed by atoms with Crippen molar-refractivity contribution in [2.45, 2.75) is 104 Å². The van der Waals surface area contributed by atoms with Gasteiger partial charge < -0.3 is 14.9 Å². The summed E-state index contributed by atoms with van der Waals surface area (Å²) in [6.45, 7) is 10.1. The molecular formula is C28H48O3. The van der Waals surface area contributed by atoms with Gasteiger partial charge in [0.1, 0.15) is 0 Å². The number of hydrogen-bond acceptors (Lipinski definition) is 3. The third kappa shape index (κ3) is 4.06. The monoisotopic (exact) mass is 432 g/mol. The van der Waals surface area contributed by atoms with Gasteiger partial charge in [-0.1, -0.05) is 52.2 Å². The molecule has 0 amide bonds. The second kappa shape index (κ2) is 9.11. The van der Waals surface area contributed by atoms with Gasteiger partial charge in [-0.05, 0) is 97.7 Å². The summed E-state index contributed by atoms with van der Waals surface area (Å²) in [5, 5.41) is 19.6. The van der Waals surface area contributed by atoms with Crippen LogP contribution in [0.4, 0.5) is 0 Å². The van der Waals surface area contributed by atoms with E-state index in [1.165, 1.54) is 44.9 Å². The van der Waals surface area contributed by atoms with Gasteiger partial charge in [0.15, 0.2) is 0 Å². The maximum atomic E-state index is 10.3. The molecule has 10 atom stereocenters. The molecule has 4 aliphatic rings. The predicted octanol–water partition coefficient (Wildman–Crippen LogP) is 5.99. The van der Waals surface area contributed by atoms with Crippen LogP contribution in [0.2, 0.25) is 0 Å². The second-order valence-corrected chi connectivity index (χ2v) is 12.4. The summed E-state index contributed by atoms with van der Waals surface area (Å²) in [6.07, 6.45) is 14.6. The highest BCUT2D eigenvalue weighted by atomic mass is 16.5. The summed E-state index contributed by atoms with van der Waals surface area (Å²) in [4.78, 5) is 0. The lowest BCUT2D eigenvalue weighted by Crippen LogP contribution is -2.51. The number of allylic oxidation sites excluding steroid dienone is 1. The van der Waals surface area contributed by atoms with Crippen LogP contribution in [0.1, 0.15) is 91.9 Å². The van der Waals surface area contributed by atoms with Gasteiger partial charge in [0.25, 0.3) is 0 Å². The number of rotatable bonds is 7. The summed E-state index contributed by atoms with van der Waals surface area (Å²) in [5.41, 5.74) is 2.27. The van der Waals surface area contributed by atoms with Crippen LogP contribution in [-0.2, 0) is 4.74 Å². The Hall–Kier alpha value is -0.380. The molecule has 0 bridgehead atoms. The molecule has 2 N–H and O–H groups in total. The Morgan fingerprint density at radius 3 is 2.61 bits per heavy atom. The average Bonchev–Trinajstić information content (AvgIpc) is 3.06. The van der Waals surface area contributed by atoms with Crippen molar-refractivity contribution in [2.75, 3.05) is 13.7 Å². The maximum Gasteiger partial charge on any atom is 0.0610 e. The summed E-state index contributed by atoms with van der Waals surface area (Å²) in [5.74, 6) is 4.09. The minimum atomic E-state index is -0.118. The third-order valence-corrected chi connectivity index (χ3v) is 10.7. The fourth-order valence-corrected chi connectivity index (χ4v) is 8.99. The second-order valence-electron chi connectivity index (χ2n) is 12.4. The number of aliphatic hydroxyl groups is 2. The first-order valence-electron chi connectivity index (χ1n) is 13.3. The lowest BCUT2D eigenvalue weighted by molar-refractivity contribution is -0.0643. The molecule has 4 rings (SSSR count). The van der Waals surface area contributed by atoms with Crippen molar-refractivity contribution in [2.24, 2.45) is 46.3 Å². The Kier molecular flexibility index (Phi) is 6.98. The van der Waals surface area contributed by atoms with Crippen LogP contribution in [0.25, 0.3) is 0 Å². The average molecular weight is 433 g/mol. The molecule has 0 aromatic carbocycles. The predicted molar refractivity (Wildman–Crippen MR) is 127 cm³/mol. The van der Waals surface area contributed by atoms with Crippen LogP contribution >= 0.6 is 0 Å². The Bertz CT molecular complexity index is 659. The molecule has 3 heteroatoms. The Labute approximate surface area is 191 Å². The Balaban J connectivity index is 1.53. The van der Waals surface area contributed by atoms with Crippen molar-refractivity contribution in [1.82, 2.24) is 0 Å².